The van der Waals surface area contributed by atoms with Crippen LogP contribution in [0.3, 0.4) is 0 Å². The van der Waals surface area contributed by atoms with Gasteiger partial charge in [-0.25, -0.2) is 0 Å². The summed E-state index contributed by atoms with van der Waals surface area (Å²) in [4.78, 5) is 18.2. The molecule has 0 saturated heterocycles. The molecule has 1 aromatic heterocycles. The van der Waals surface area contributed by atoms with Gasteiger partial charge in [-0.3, -0.25) is 9.78 Å². The minimum atomic E-state index is -0.0695. The summed E-state index contributed by atoms with van der Waals surface area (Å²) < 4.78 is 0. The molecule has 1 heterocycles. The van der Waals surface area contributed by atoms with Crippen LogP contribution in [0.15, 0.2) is 60.7 Å². The second-order valence-corrected chi connectivity index (χ2v) is 8.55. The second kappa shape index (κ2) is 5.90. The molecule has 0 atom stereocenters. The van der Waals surface area contributed by atoms with Crippen molar-refractivity contribution in [3.63, 3.8) is 0 Å². The number of carbonyl (C=O) groups is 1. The number of benzene rings is 3. The van der Waals surface area contributed by atoms with Gasteiger partial charge in [0.2, 0.25) is 0 Å². The van der Waals surface area contributed by atoms with Crippen molar-refractivity contribution in [1.29, 1.82) is 0 Å². The first-order valence-electron chi connectivity index (χ1n) is 9.66. The highest BCUT2D eigenvalue weighted by Gasteiger charge is 2.35. The Labute approximate surface area is 164 Å². The number of carbonyl (C=O) groups excluding carboxylic acids is 1. The normalized spacial score (nSPS) is 15.7. The average molecular weight is 366 g/mol. The van der Waals surface area contributed by atoms with Crippen molar-refractivity contribution >= 4 is 33.1 Å². The van der Waals surface area contributed by atoms with Crippen molar-refractivity contribution in [1.82, 2.24) is 4.98 Å². The van der Waals surface area contributed by atoms with E-state index < -0.39 is 0 Å². The molecular formula is C25H22N2O. The molecule has 0 saturated carbocycles. The molecule has 28 heavy (non-hydrogen) atoms. The quantitative estimate of drug-likeness (QED) is 0.342. The van der Waals surface area contributed by atoms with Gasteiger partial charge in [0, 0.05) is 28.6 Å². The Balaban J connectivity index is 1.97. The van der Waals surface area contributed by atoms with E-state index in [0.717, 1.165) is 50.5 Å². The predicted octanol–water partition coefficient (Wildman–Crippen LogP) is 5.79. The fourth-order valence-corrected chi connectivity index (χ4v) is 4.49. The monoisotopic (exact) mass is 366 g/mol. The minimum Gasteiger partial charge on any atom is -0.399 e. The number of nitrogen functional groups attached to an aromatic ring is 1. The Morgan fingerprint density at radius 3 is 2.43 bits per heavy atom. The van der Waals surface area contributed by atoms with Crippen LogP contribution in [0, 0.1) is 5.41 Å². The zero-order valence-electron chi connectivity index (χ0n) is 16.1. The SMILES string of the molecule is CC1(C)CC(=O)c2c(nc3ccc4ccccc4c3c2-c2ccc(N)cc2)C1. The average Bonchev–Trinajstić information content (AvgIpc) is 2.66. The van der Waals surface area contributed by atoms with E-state index in [1.54, 1.807) is 0 Å². The van der Waals surface area contributed by atoms with Gasteiger partial charge in [0.15, 0.2) is 5.78 Å². The summed E-state index contributed by atoms with van der Waals surface area (Å²) in [6.45, 7) is 4.28. The van der Waals surface area contributed by atoms with E-state index in [-0.39, 0.29) is 11.2 Å². The van der Waals surface area contributed by atoms with Gasteiger partial charge in [0.05, 0.1) is 11.2 Å². The van der Waals surface area contributed by atoms with Crippen molar-refractivity contribution < 1.29 is 4.79 Å². The van der Waals surface area contributed by atoms with E-state index in [0.29, 0.717) is 12.1 Å². The highest BCUT2D eigenvalue weighted by Crippen LogP contribution is 2.43. The molecule has 0 amide bonds. The lowest BCUT2D eigenvalue weighted by molar-refractivity contribution is 0.0911. The summed E-state index contributed by atoms with van der Waals surface area (Å²) in [6.07, 6.45) is 1.35. The number of ketones is 1. The van der Waals surface area contributed by atoms with Crippen LogP contribution in [-0.2, 0) is 6.42 Å². The third-order valence-electron chi connectivity index (χ3n) is 5.71. The zero-order valence-corrected chi connectivity index (χ0v) is 16.1. The molecule has 3 nitrogen and oxygen atoms in total. The molecule has 5 rings (SSSR count). The van der Waals surface area contributed by atoms with E-state index in [4.69, 9.17) is 10.7 Å². The molecule has 0 unspecified atom stereocenters. The number of rotatable bonds is 1. The largest absolute Gasteiger partial charge is 0.399 e. The van der Waals surface area contributed by atoms with Crippen LogP contribution in [0.4, 0.5) is 5.69 Å². The number of aromatic nitrogens is 1. The molecule has 0 fully saturated rings. The lowest BCUT2D eigenvalue weighted by atomic mass is 9.73. The lowest BCUT2D eigenvalue weighted by Gasteiger charge is -2.31. The lowest BCUT2D eigenvalue weighted by Crippen LogP contribution is -2.28. The van der Waals surface area contributed by atoms with Crippen LogP contribution in [0.25, 0.3) is 32.8 Å². The molecule has 138 valence electrons. The highest BCUT2D eigenvalue weighted by atomic mass is 16.1. The van der Waals surface area contributed by atoms with Crippen LogP contribution in [0.2, 0.25) is 0 Å². The molecular weight excluding hydrogens is 344 g/mol. The molecule has 3 heteroatoms. The molecule has 3 aromatic carbocycles. The first kappa shape index (κ1) is 16.9. The van der Waals surface area contributed by atoms with E-state index in [1.165, 1.54) is 0 Å². The minimum absolute atomic E-state index is 0.0695. The summed E-state index contributed by atoms with van der Waals surface area (Å²) >= 11 is 0. The Bertz CT molecular complexity index is 1250. The number of hydrogen-bond acceptors (Lipinski definition) is 3. The van der Waals surface area contributed by atoms with E-state index in [1.807, 2.05) is 36.4 Å². The molecule has 1 aliphatic carbocycles. The maximum absolute atomic E-state index is 13.3. The van der Waals surface area contributed by atoms with Gasteiger partial charge in [0.1, 0.15) is 0 Å². The van der Waals surface area contributed by atoms with Crippen LogP contribution in [0.5, 0.6) is 0 Å². The standard InChI is InChI=1S/C25H22N2O/c1-25(2)13-20-24(21(28)14-25)22(16-7-10-17(26)11-8-16)23-18-6-4-3-5-15(18)9-12-19(23)27-20/h3-12H,13-14,26H2,1-2H3. The molecule has 2 N–H and O–H groups in total. The summed E-state index contributed by atoms with van der Waals surface area (Å²) in [6, 6.07) is 20.3. The molecule has 0 spiro atoms. The van der Waals surface area contributed by atoms with Gasteiger partial charge in [-0.1, -0.05) is 56.3 Å². The number of nitrogens with two attached hydrogens (primary N) is 1. The van der Waals surface area contributed by atoms with Gasteiger partial charge in [-0.15, -0.1) is 0 Å². The molecule has 4 aromatic rings. The Morgan fingerprint density at radius 2 is 1.64 bits per heavy atom. The van der Waals surface area contributed by atoms with Crippen molar-refractivity contribution in [3.05, 3.63) is 71.9 Å². The maximum atomic E-state index is 13.3. The van der Waals surface area contributed by atoms with Crippen molar-refractivity contribution in [2.24, 2.45) is 5.41 Å². The van der Waals surface area contributed by atoms with Crippen LogP contribution >= 0.6 is 0 Å². The van der Waals surface area contributed by atoms with Gasteiger partial charge in [0.25, 0.3) is 0 Å². The van der Waals surface area contributed by atoms with E-state index in [9.17, 15) is 4.79 Å². The fourth-order valence-electron chi connectivity index (χ4n) is 4.49. The smallest absolute Gasteiger partial charge is 0.165 e. The number of nitrogens with zero attached hydrogens (tertiary/aromatic N) is 1. The number of hydrogen-bond donors (Lipinski definition) is 1. The Kier molecular flexibility index (Phi) is 3.57. The summed E-state index contributed by atoms with van der Waals surface area (Å²) in [7, 11) is 0. The topological polar surface area (TPSA) is 56.0 Å². The first-order chi connectivity index (χ1) is 13.4. The van der Waals surface area contributed by atoms with Crippen molar-refractivity contribution in [3.8, 4) is 11.1 Å². The van der Waals surface area contributed by atoms with Gasteiger partial charge < -0.3 is 5.73 Å². The van der Waals surface area contributed by atoms with E-state index >= 15 is 0 Å². The first-order valence-corrected chi connectivity index (χ1v) is 9.66. The zero-order chi connectivity index (χ0) is 19.5. The molecule has 1 aliphatic rings. The van der Waals surface area contributed by atoms with Crippen LogP contribution in [0.1, 0.15) is 36.3 Å². The predicted molar refractivity (Wildman–Crippen MR) is 116 cm³/mol. The number of Topliss-reactive ketones (excluding diaryl/α,β-unsaturated/α-hetero) is 1. The Morgan fingerprint density at radius 1 is 0.893 bits per heavy atom. The summed E-state index contributed by atoms with van der Waals surface area (Å²) in [5.41, 5.74) is 11.2. The summed E-state index contributed by atoms with van der Waals surface area (Å²) in [5.74, 6) is 0.181. The molecule has 0 aliphatic heterocycles. The molecule has 0 radical (unpaired) electrons. The maximum Gasteiger partial charge on any atom is 0.165 e. The number of anilines is 1. The highest BCUT2D eigenvalue weighted by molar-refractivity contribution is 6.19. The van der Waals surface area contributed by atoms with Crippen LogP contribution < -0.4 is 5.73 Å². The van der Waals surface area contributed by atoms with Crippen molar-refractivity contribution in [2.45, 2.75) is 26.7 Å². The molecule has 0 bridgehead atoms. The van der Waals surface area contributed by atoms with Gasteiger partial charge >= 0.3 is 0 Å². The second-order valence-electron chi connectivity index (χ2n) is 8.55. The Hall–Kier alpha value is -3.20. The summed E-state index contributed by atoms with van der Waals surface area (Å²) in [5, 5.41) is 3.33. The van der Waals surface area contributed by atoms with Gasteiger partial charge in [-0.05, 0) is 46.4 Å². The van der Waals surface area contributed by atoms with E-state index in [2.05, 4.69) is 38.1 Å². The van der Waals surface area contributed by atoms with Crippen LogP contribution in [-0.4, -0.2) is 10.8 Å². The fraction of sp³-hybridized carbons (Fsp3) is 0.200. The van der Waals surface area contributed by atoms with Gasteiger partial charge in [-0.2, -0.15) is 0 Å². The number of pyridine rings is 1. The third-order valence-corrected chi connectivity index (χ3v) is 5.71. The number of fused-ring (bicyclic) bond motifs is 4. The third kappa shape index (κ3) is 2.58. The van der Waals surface area contributed by atoms with Crippen molar-refractivity contribution in [2.75, 3.05) is 5.73 Å².